The van der Waals surface area contributed by atoms with Gasteiger partial charge < -0.3 is 10.5 Å². The molecule has 0 saturated carbocycles. The van der Waals surface area contributed by atoms with Crippen molar-refractivity contribution in [1.82, 2.24) is 0 Å². The number of primary amides is 1. The lowest BCUT2D eigenvalue weighted by Crippen LogP contribution is -2.14. The maximum atomic E-state index is 10.4. The number of carbonyl (C=O) groups excluding carboxylic acids is 1. The highest BCUT2D eigenvalue weighted by Gasteiger charge is 2.03. The number of ether oxygens (including phenoxy) is 1. The maximum Gasteiger partial charge on any atom is 0.286 e. The lowest BCUT2D eigenvalue weighted by molar-refractivity contribution is -0.117. The predicted octanol–water partition coefficient (Wildman–Crippen LogP) is -0.0722. The van der Waals surface area contributed by atoms with Crippen LogP contribution in [0.15, 0.2) is 29.3 Å². The second-order valence-corrected chi connectivity index (χ2v) is 1.60. The summed E-state index contributed by atoms with van der Waals surface area (Å²) in [6.45, 7) is 0. The molecule has 10 heavy (non-hydrogen) atoms. The summed E-state index contributed by atoms with van der Waals surface area (Å²) in [5.74, 6) is -0.575. The number of amides is 1. The average molecular weight is 138 g/mol. The van der Waals surface area contributed by atoms with E-state index in [9.17, 15) is 4.79 Å². The molecule has 0 aliphatic carbocycles. The first-order chi connectivity index (χ1) is 4.80. The fourth-order valence-electron chi connectivity index (χ4n) is 0.460. The number of hydrogen-bond donors (Lipinski definition) is 1. The van der Waals surface area contributed by atoms with E-state index in [0.29, 0.717) is 0 Å². The van der Waals surface area contributed by atoms with Gasteiger partial charge in [-0.15, -0.1) is 0 Å². The summed E-state index contributed by atoms with van der Waals surface area (Å²) >= 11 is 0. The van der Waals surface area contributed by atoms with E-state index in [0.717, 1.165) is 0 Å². The third-order valence-corrected chi connectivity index (χ3v) is 0.880. The van der Waals surface area contributed by atoms with Crippen molar-refractivity contribution >= 4 is 12.1 Å². The van der Waals surface area contributed by atoms with Crippen LogP contribution in [0.2, 0.25) is 0 Å². The van der Waals surface area contributed by atoms with Crippen molar-refractivity contribution in [3.05, 3.63) is 24.3 Å². The zero-order valence-corrected chi connectivity index (χ0v) is 5.15. The Kier molecular flexibility index (Phi) is 1.84. The summed E-state index contributed by atoms with van der Waals surface area (Å²) in [4.78, 5) is 14.1. The van der Waals surface area contributed by atoms with Crippen molar-refractivity contribution in [2.45, 2.75) is 0 Å². The van der Waals surface area contributed by atoms with Crippen molar-refractivity contribution < 1.29 is 9.53 Å². The average Bonchev–Trinajstić information content (AvgIpc) is 2.12. The first-order valence-corrected chi connectivity index (χ1v) is 2.65. The van der Waals surface area contributed by atoms with E-state index in [-0.39, 0.29) is 5.76 Å². The number of allylic oxidation sites excluding steroid dienone is 1. The minimum atomic E-state index is -0.622. The second kappa shape index (κ2) is 2.82. The third-order valence-electron chi connectivity index (χ3n) is 0.880. The van der Waals surface area contributed by atoms with Crippen LogP contribution in [-0.2, 0) is 9.53 Å². The van der Waals surface area contributed by atoms with E-state index in [2.05, 4.69) is 4.99 Å². The zero-order valence-electron chi connectivity index (χ0n) is 5.15. The zero-order chi connectivity index (χ0) is 7.40. The van der Waals surface area contributed by atoms with Crippen molar-refractivity contribution in [3.8, 4) is 0 Å². The Bertz CT molecular complexity index is 228. The van der Waals surface area contributed by atoms with Crippen LogP contribution in [0.1, 0.15) is 0 Å². The molecule has 0 radical (unpaired) electrons. The third kappa shape index (κ3) is 1.45. The molecule has 0 aromatic carbocycles. The number of nitrogens with two attached hydrogens (primary N) is 1. The number of nitrogens with zero attached hydrogens (tertiary/aromatic N) is 1. The van der Waals surface area contributed by atoms with Crippen LogP contribution in [0.5, 0.6) is 0 Å². The van der Waals surface area contributed by atoms with Crippen LogP contribution in [0.4, 0.5) is 0 Å². The first kappa shape index (κ1) is 6.54. The summed E-state index contributed by atoms with van der Waals surface area (Å²) < 4.78 is 4.75. The number of rotatable bonds is 1. The van der Waals surface area contributed by atoms with Crippen molar-refractivity contribution in [1.29, 1.82) is 0 Å². The maximum absolute atomic E-state index is 10.4. The summed E-state index contributed by atoms with van der Waals surface area (Å²) in [5.41, 5.74) is 4.90. The molecule has 2 N–H and O–H groups in total. The summed E-state index contributed by atoms with van der Waals surface area (Å²) in [6.07, 6.45) is 5.66. The van der Waals surface area contributed by atoms with E-state index in [1.54, 1.807) is 6.08 Å². The van der Waals surface area contributed by atoms with Crippen molar-refractivity contribution in [3.63, 3.8) is 0 Å². The van der Waals surface area contributed by atoms with Gasteiger partial charge in [-0.2, -0.15) is 0 Å². The highest BCUT2D eigenvalue weighted by Crippen LogP contribution is 1.99. The molecule has 0 unspecified atom stereocenters. The Hall–Kier alpha value is -1.58. The van der Waals surface area contributed by atoms with Crippen LogP contribution in [0, 0.1) is 0 Å². The van der Waals surface area contributed by atoms with E-state index in [1.807, 2.05) is 0 Å². The van der Waals surface area contributed by atoms with E-state index < -0.39 is 5.91 Å². The molecule has 1 aliphatic heterocycles. The van der Waals surface area contributed by atoms with Gasteiger partial charge in [-0.3, -0.25) is 9.79 Å². The molecule has 4 nitrogen and oxygen atoms in total. The van der Waals surface area contributed by atoms with Gasteiger partial charge >= 0.3 is 0 Å². The van der Waals surface area contributed by atoms with Gasteiger partial charge in [-0.25, -0.2) is 0 Å². The molecule has 1 amide bonds. The molecule has 1 aliphatic rings. The predicted molar refractivity (Wildman–Crippen MR) is 36.0 cm³/mol. The van der Waals surface area contributed by atoms with Crippen LogP contribution in [0.25, 0.3) is 0 Å². The summed E-state index contributed by atoms with van der Waals surface area (Å²) in [7, 11) is 0. The minimum Gasteiger partial charge on any atom is -0.458 e. The molecule has 0 atom stereocenters. The van der Waals surface area contributed by atoms with Gasteiger partial charge in [0.05, 0.1) is 12.5 Å². The van der Waals surface area contributed by atoms with Crippen molar-refractivity contribution in [2.24, 2.45) is 10.7 Å². The second-order valence-electron chi connectivity index (χ2n) is 1.60. The van der Waals surface area contributed by atoms with Crippen molar-refractivity contribution in [2.75, 3.05) is 0 Å². The highest BCUT2D eigenvalue weighted by atomic mass is 16.5. The Morgan fingerprint density at radius 3 is 3.20 bits per heavy atom. The fraction of sp³-hybridized carbons (Fsp3) is 0. The van der Waals surface area contributed by atoms with Gasteiger partial charge in [0.1, 0.15) is 0 Å². The molecule has 0 fully saturated rings. The Labute approximate surface area is 57.7 Å². The summed E-state index contributed by atoms with van der Waals surface area (Å²) in [5, 5.41) is 0. The quantitative estimate of drug-likeness (QED) is 0.551. The molecule has 0 spiro atoms. The standard InChI is InChI=1S/C6H6N2O2/c7-6(9)5-4-8-2-1-3-10-5/h1-4H,(H2,7,9). The molecule has 0 saturated heterocycles. The normalized spacial score (nSPS) is 15.4. The molecule has 1 rings (SSSR count). The molecule has 0 aromatic rings. The Morgan fingerprint density at radius 2 is 2.50 bits per heavy atom. The van der Waals surface area contributed by atoms with Gasteiger partial charge in [0.25, 0.3) is 5.91 Å². The number of carbonyl (C=O) groups is 1. The lowest BCUT2D eigenvalue weighted by atomic mass is 10.5. The molecule has 4 heteroatoms. The molecular weight excluding hydrogens is 132 g/mol. The molecule has 0 aromatic heterocycles. The fourth-order valence-corrected chi connectivity index (χ4v) is 0.460. The lowest BCUT2D eigenvalue weighted by Gasteiger charge is -1.96. The van der Waals surface area contributed by atoms with Crippen LogP contribution in [-0.4, -0.2) is 12.1 Å². The molecule has 1 heterocycles. The monoisotopic (exact) mass is 138 g/mol. The molecule has 52 valence electrons. The number of aliphatic imine (C=N–C) groups is 1. The minimum absolute atomic E-state index is 0.0463. The van der Waals surface area contributed by atoms with E-state index in [1.165, 1.54) is 18.7 Å². The van der Waals surface area contributed by atoms with Crippen LogP contribution >= 0.6 is 0 Å². The SMILES string of the molecule is NC(=O)C1=CN=CC=CO1. The number of hydrogen-bond acceptors (Lipinski definition) is 3. The van der Waals surface area contributed by atoms with Gasteiger partial charge in [-0.05, 0) is 6.08 Å². The molecule has 0 bridgehead atoms. The van der Waals surface area contributed by atoms with Crippen LogP contribution < -0.4 is 5.73 Å². The van der Waals surface area contributed by atoms with Gasteiger partial charge in [0, 0.05) is 6.21 Å². The largest absolute Gasteiger partial charge is 0.458 e. The van der Waals surface area contributed by atoms with Gasteiger partial charge in [-0.1, -0.05) is 0 Å². The van der Waals surface area contributed by atoms with E-state index >= 15 is 0 Å². The first-order valence-electron chi connectivity index (χ1n) is 2.65. The Morgan fingerprint density at radius 1 is 1.70 bits per heavy atom. The van der Waals surface area contributed by atoms with Gasteiger partial charge in [0.2, 0.25) is 5.76 Å². The van der Waals surface area contributed by atoms with Gasteiger partial charge in [0.15, 0.2) is 0 Å². The summed E-state index contributed by atoms with van der Waals surface area (Å²) in [6, 6.07) is 0. The highest BCUT2D eigenvalue weighted by molar-refractivity contribution is 5.90. The topological polar surface area (TPSA) is 64.7 Å². The van der Waals surface area contributed by atoms with E-state index in [4.69, 9.17) is 10.5 Å². The van der Waals surface area contributed by atoms with Crippen LogP contribution in [0.3, 0.4) is 0 Å². The molecular formula is C6H6N2O2. The Balaban J connectivity index is 2.78. The smallest absolute Gasteiger partial charge is 0.286 e.